The van der Waals surface area contributed by atoms with E-state index in [9.17, 15) is 9.59 Å². The van der Waals surface area contributed by atoms with Gasteiger partial charge in [0, 0.05) is 19.2 Å². The summed E-state index contributed by atoms with van der Waals surface area (Å²) in [7, 11) is 1.57. The zero-order valence-corrected chi connectivity index (χ0v) is 21.8. The lowest BCUT2D eigenvalue weighted by atomic mass is 10.1. The maximum atomic E-state index is 15.1. The zero-order chi connectivity index (χ0) is 27.5. The van der Waals surface area contributed by atoms with Crippen LogP contribution in [0.25, 0.3) is 22.6 Å². The van der Waals surface area contributed by atoms with Gasteiger partial charge >= 0.3 is 5.69 Å². The van der Waals surface area contributed by atoms with Crippen LogP contribution in [0, 0.1) is 5.82 Å². The summed E-state index contributed by atoms with van der Waals surface area (Å²) in [5.74, 6) is -0.650. The lowest BCUT2D eigenvalue weighted by molar-refractivity contribution is 0.102. The van der Waals surface area contributed by atoms with Gasteiger partial charge in [0.05, 0.1) is 36.4 Å². The minimum absolute atomic E-state index is 0.114. The highest BCUT2D eigenvalue weighted by Gasteiger charge is 2.20. The van der Waals surface area contributed by atoms with E-state index in [1.54, 1.807) is 31.6 Å². The number of anilines is 1. The van der Waals surface area contributed by atoms with E-state index in [0.717, 1.165) is 5.56 Å². The van der Waals surface area contributed by atoms with Crippen molar-refractivity contribution in [2.45, 2.75) is 33.0 Å². The lowest BCUT2D eigenvalue weighted by Crippen LogP contribution is -2.24. The molecule has 0 saturated heterocycles. The molecule has 0 aliphatic heterocycles. The number of rotatable bonds is 9. The van der Waals surface area contributed by atoms with E-state index in [1.807, 2.05) is 48.7 Å². The van der Waals surface area contributed by atoms with E-state index in [1.165, 1.54) is 21.3 Å². The molecular weight excluding hydrogens is 501 g/mol. The Kier molecular flexibility index (Phi) is 7.33. The Hall–Kier alpha value is -4.64. The first-order chi connectivity index (χ1) is 18.8. The second kappa shape index (κ2) is 11.0. The molecule has 0 unspecified atom stereocenters. The SMILES string of the molecule is CC(C)n1cnnc1-c1cccc(NC(=O)c2cc3c(cc2F)n(C)c(=O)n3CCOCc2ccccc2)n1. The van der Waals surface area contributed by atoms with Crippen LogP contribution < -0.4 is 11.0 Å². The number of nitrogens with one attached hydrogen (secondary N) is 1. The number of amides is 1. The van der Waals surface area contributed by atoms with Crippen LogP contribution in [0.5, 0.6) is 0 Å². The first kappa shape index (κ1) is 26.0. The Labute approximate surface area is 223 Å². The molecule has 3 heterocycles. The van der Waals surface area contributed by atoms with Crippen molar-refractivity contribution in [2.75, 3.05) is 11.9 Å². The van der Waals surface area contributed by atoms with Crippen LogP contribution in [0.4, 0.5) is 10.2 Å². The van der Waals surface area contributed by atoms with Crippen LogP contribution in [0.3, 0.4) is 0 Å². The number of benzene rings is 2. The number of halogens is 1. The standard InChI is InChI=1S/C28H28FN7O3/c1-18(2)36-17-30-33-26(36)22-10-7-11-25(31-22)32-27(37)20-14-24-23(15-21(20)29)34(3)28(38)35(24)12-13-39-16-19-8-5-4-6-9-19/h4-11,14-15,17-18H,12-13,16H2,1-3H3,(H,31,32,37). The summed E-state index contributed by atoms with van der Waals surface area (Å²) in [6.07, 6.45) is 1.61. The Bertz CT molecular complexity index is 1690. The number of fused-ring (bicyclic) bond motifs is 1. The minimum atomic E-state index is -0.746. The molecule has 3 aromatic heterocycles. The van der Waals surface area contributed by atoms with Crippen LogP contribution in [-0.2, 0) is 24.9 Å². The van der Waals surface area contributed by atoms with Crippen molar-refractivity contribution >= 4 is 22.8 Å². The molecule has 0 radical (unpaired) electrons. The number of aromatic nitrogens is 6. The Morgan fingerprint density at radius 1 is 1.08 bits per heavy atom. The number of carbonyl (C=O) groups is 1. The first-order valence-electron chi connectivity index (χ1n) is 12.5. The van der Waals surface area contributed by atoms with E-state index in [-0.39, 0.29) is 36.3 Å². The summed E-state index contributed by atoms with van der Waals surface area (Å²) in [5, 5.41) is 10.8. The van der Waals surface area contributed by atoms with Crippen LogP contribution in [-0.4, -0.2) is 41.4 Å². The Morgan fingerprint density at radius 3 is 2.64 bits per heavy atom. The van der Waals surface area contributed by atoms with Crippen molar-refractivity contribution in [1.82, 2.24) is 28.9 Å². The molecule has 0 bridgehead atoms. The van der Waals surface area contributed by atoms with Crippen LogP contribution in [0.1, 0.15) is 35.8 Å². The number of ether oxygens (including phenoxy) is 1. The summed E-state index contributed by atoms with van der Waals surface area (Å²) < 4.78 is 25.5. The number of aryl methyl sites for hydroxylation is 1. The maximum absolute atomic E-state index is 15.1. The van der Waals surface area contributed by atoms with Crippen LogP contribution in [0.2, 0.25) is 0 Å². The molecule has 0 aliphatic rings. The average molecular weight is 530 g/mol. The fourth-order valence-corrected chi connectivity index (χ4v) is 4.35. The van der Waals surface area contributed by atoms with E-state index >= 15 is 4.39 Å². The van der Waals surface area contributed by atoms with Crippen LogP contribution >= 0.6 is 0 Å². The van der Waals surface area contributed by atoms with Crippen molar-refractivity contribution in [2.24, 2.45) is 7.05 Å². The van der Waals surface area contributed by atoms with Gasteiger partial charge in [-0.1, -0.05) is 36.4 Å². The third kappa shape index (κ3) is 5.34. The summed E-state index contributed by atoms with van der Waals surface area (Å²) in [6.45, 7) is 4.91. The molecule has 0 fully saturated rings. The molecule has 0 spiro atoms. The fraction of sp³-hybridized carbons (Fsp3) is 0.250. The summed E-state index contributed by atoms with van der Waals surface area (Å²) >= 11 is 0. The largest absolute Gasteiger partial charge is 0.375 e. The Balaban J connectivity index is 1.37. The normalized spacial score (nSPS) is 11.4. The van der Waals surface area contributed by atoms with Gasteiger partial charge in [0.15, 0.2) is 5.82 Å². The van der Waals surface area contributed by atoms with Crippen LogP contribution in [0.15, 0.2) is 71.8 Å². The molecule has 1 amide bonds. The molecule has 11 heteroatoms. The average Bonchev–Trinajstić information content (AvgIpc) is 3.51. The first-order valence-corrected chi connectivity index (χ1v) is 12.5. The van der Waals surface area contributed by atoms with Crippen molar-refractivity contribution < 1.29 is 13.9 Å². The third-order valence-electron chi connectivity index (χ3n) is 6.40. The molecule has 10 nitrogen and oxygen atoms in total. The molecule has 1 N–H and O–H groups in total. The molecule has 5 rings (SSSR count). The van der Waals surface area contributed by atoms with Gasteiger partial charge in [-0.15, -0.1) is 10.2 Å². The van der Waals surface area contributed by atoms with Gasteiger partial charge < -0.3 is 14.6 Å². The van der Waals surface area contributed by atoms with Crippen molar-refractivity contribution in [3.63, 3.8) is 0 Å². The van der Waals surface area contributed by atoms with Gasteiger partial charge in [0.25, 0.3) is 5.91 Å². The highest BCUT2D eigenvalue weighted by Crippen LogP contribution is 2.22. The van der Waals surface area contributed by atoms with Crippen molar-refractivity contribution in [3.8, 4) is 11.5 Å². The molecule has 0 saturated carbocycles. The number of carbonyl (C=O) groups excluding carboxylic acids is 1. The molecule has 39 heavy (non-hydrogen) atoms. The topological polar surface area (TPSA) is 109 Å². The second-order valence-corrected chi connectivity index (χ2v) is 9.37. The quantitative estimate of drug-likeness (QED) is 0.287. The van der Waals surface area contributed by atoms with E-state index in [0.29, 0.717) is 29.2 Å². The minimum Gasteiger partial charge on any atom is -0.375 e. The molecule has 5 aromatic rings. The van der Waals surface area contributed by atoms with E-state index in [4.69, 9.17) is 4.74 Å². The van der Waals surface area contributed by atoms with Crippen molar-refractivity contribution in [3.05, 3.63) is 94.4 Å². The van der Waals surface area contributed by atoms with Gasteiger partial charge in [-0.25, -0.2) is 14.2 Å². The fourth-order valence-electron chi connectivity index (χ4n) is 4.35. The van der Waals surface area contributed by atoms with Gasteiger partial charge in [-0.3, -0.25) is 13.9 Å². The third-order valence-corrected chi connectivity index (χ3v) is 6.40. The monoisotopic (exact) mass is 529 g/mol. The number of pyridine rings is 1. The number of imidazole rings is 1. The number of hydrogen-bond acceptors (Lipinski definition) is 6. The van der Waals surface area contributed by atoms with Gasteiger partial charge in [0.1, 0.15) is 23.7 Å². The molecule has 0 atom stereocenters. The van der Waals surface area contributed by atoms with E-state index in [2.05, 4.69) is 20.5 Å². The zero-order valence-electron chi connectivity index (χ0n) is 21.8. The van der Waals surface area contributed by atoms with Gasteiger partial charge in [0.2, 0.25) is 0 Å². The molecule has 2 aromatic carbocycles. The molecule has 0 aliphatic carbocycles. The van der Waals surface area contributed by atoms with Gasteiger partial charge in [-0.05, 0) is 37.6 Å². The van der Waals surface area contributed by atoms with Crippen molar-refractivity contribution in [1.29, 1.82) is 0 Å². The number of nitrogens with zero attached hydrogens (tertiary/aromatic N) is 6. The lowest BCUT2D eigenvalue weighted by Gasteiger charge is -2.11. The predicted molar refractivity (Wildman–Crippen MR) is 145 cm³/mol. The summed E-state index contributed by atoms with van der Waals surface area (Å²) in [6, 6.07) is 17.5. The smallest absolute Gasteiger partial charge is 0.328 e. The maximum Gasteiger partial charge on any atom is 0.328 e. The summed E-state index contributed by atoms with van der Waals surface area (Å²) in [4.78, 5) is 30.5. The molecule has 200 valence electrons. The van der Waals surface area contributed by atoms with E-state index < -0.39 is 11.7 Å². The highest BCUT2D eigenvalue weighted by molar-refractivity contribution is 6.05. The second-order valence-electron chi connectivity index (χ2n) is 9.37. The van der Waals surface area contributed by atoms with Gasteiger partial charge in [-0.2, -0.15) is 0 Å². The summed E-state index contributed by atoms with van der Waals surface area (Å²) in [5.41, 5.74) is 1.82. The highest BCUT2D eigenvalue weighted by atomic mass is 19.1. The predicted octanol–water partition coefficient (Wildman–Crippen LogP) is 4.18. The molecular formula is C28H28FN7O3. The Morgan fingerprint density at radius 2 is 1.87 bits per heavy atom. The number of hydrogen-bond donors (Lipinski definition) is 1.